The van der Waals surface area contributed by atoms with Crippen molar-refractivity contribution in [3.63, 3.8) is 0 Å². The summed E-state index contributed by atoms with van der Waals surface area (Å²) in [6.07, 6.45) is 2.23. The van der Waals surface area contributed by atoms with Crippen LogP contribution in [0, 0.1) is 0 Å². The number of rotatable bonds is 7. The minimum absolute atomic E-state index is 0.0489. The maximum absolute atomic E-state index is 11.6. The van der Waals surface area contributed by atoms with Crippen LogP contribution in [0.3, 0.4) is 0 Å². The second-order valence-electron chi connectivity index (χ2n) is 3.32. The van der Waals surface area contributed by atoms with E-state index < -0.39 is 0 Å². The second kappa shape index (κ2) is 7.92. The fourth-order valence-corrected chi connectivity index (χ4v) is 1.94. The van der Waals surface area contributed by atoms with Gasteiger partial charge in [0.05, 0.1) is 0 Å². The maximum Gasteiger partial charge on any atom is 0.273 e. The molecule has 0 aliphatic heterocycles. The normalized spacial score (nSPS) is 10.2. The molecule has 0 bridgehead atoms. The van der Waals surface area contributed by atoms with Gasteiger partial charge in [-0.15, -0.1) is 0 Å². The van der Waals surface area contributed by atoms with E-state index in [0.717, 1.165) is 17.9 Å². The minimum atomic E-state index is -0.370. The Kier molecular flexibility index (Phi) is 6.42. The molecule has 1 rings (SSSR count). The first-order valence-corrected chi connectivity index (χ1v) is 6.52. The van der Waals surface area contributed by atoms with Crippen molar-refractivity contribution in [3.05, 3.63) is 24.0 Å². The number of hydrogen-bond donors (Lipinski definition) is 3. The van der Waals surface area contributed by atoms with Gasteiger partial charge in [0.1, 0.15) is 5.75 Å². The van der Waals surface area contributed by atoms with Crippen molar-refractivity contribution in [2.75, 3.05) is 24.7 Å². The molecular weight excluding hydrogens is 240 g/mol. The molecule has 1 amide bonds. The smallest absolute Gasteiger partial charge is 0.273 e. The molecular formula is C11H16N2O3S. The van der Waals surface area contributed by atoms with E-state index >= 15 is 0 Å². The first-order chi connectivity index (χ1) is 8.25. The van der Waals surface area contributed by atoms with Crippen LogP contribution in [0.1, 0.15) is 16.9 Å². The van der Waals surface area contributed by atoms with Gasteiger partial charge in [-0.25, -0.2) is 4.98 Å². The van der Waals surface area contributed by atoms with Crippen LogP contribution in [-0.2, 0) is 0 Å². The number of carbonyl (C=O) groups excluding carboxylic acids is 1. The third-order valence-corrected chi connectivity index (χ3v) is 3.05. The van der Waals surface area contributed by atoms with Gasteiger partial charge in [-0.05, 0) is 24.3 Å². The van der Waals surface area contributed by atoms with Crippen molar-refractivity contribution in [3.8, 4) is 5.75 Å². The summed E-state index contributed by atoms with van der Waals surface area (Å²) < 4.78 is 0. The van der Waals surface area contributed by atoms with Gasteiger partial charge in [0.25, 0.3) is 5.91 Å². The van der Waals surface area contributed by atoms with E-state index in [2.05, 4.69) is 10.3 Å². The summed E-state index contributed by atoms with van der Waals surface area (Å²) in [6, 6.07) is 2.99. The van der Waals surface area contributed by atoms with Gasteiger partial charge >= 0.3 is 0 Å². The third kappa shape index (κ3) is 5.06. The summed E-state index contributed by atoms with van der Waals surface area (Å²) in [5.41, 5.74) is 0.0489. The Labute approximate surface area is 104 Å². The van der Waals surface area contributed by atoms with Gasteiger partial charge in [-0.1, -0.05) is 0 Å². The zero-order chi connectivity index (χ0) is 12.5. The monoisotopic (exact) mass is 256 g/mol. The van der Waals surface area contributed by atoms with Gasteiger partial charge in [0.15, 0.2) is 5.69 Å². The average Bonchev–Trinajstić information content (AvgIpc) is 2.34. The Hall–Kier alpha value is -1.27. The molecule has 3 N–H and O–H groups in total. The SMILES string of the molecule is O=C(NCCSCCCO)c1ncccc1O. The molecule has 1 aromatic heterocycles. The standard InChI is InChI=1S/C11H16N2O3S/c14-6-2-7-17-8-5-13-11(16)10-9(15)3-1-4-12-10/h1,3-4,14-15H,2,5-8H2,(H,13,16). The summed E-state index contributed by atoms with van der Waals surface area (Å²) in [6.45, 7) is 0.714. The molecule has 0 aliphatic carbocycles. The zero-order valence-corrected chi connectivity index (χ0v) is 10.2. The fraction of sp³-hybridized carbons (Fsp3) is 0.455. The highest BCUT2D eigenvalue weighted by molar-refractivity contribution is 7.99. The molecule has 0 atom stereocenters. The lowest BCUT2D eigenvalue weighted by atomic mass is 10.3. The lowest BCUT2D eigenvalue weighted by molar-refractivity contribution is 0.0948. The highest BCUT2D eigenvalue weighted by atomic mass is 32.2. The van der Waals surface area contributed by atoms with Crippen LogP contribution >= 0.6 is 11.8 Å². The topological polar surface area (TPSA) is 82.5 Å². The number of carbonyl (C=O) groups is 1. The first-order valence-electron chi connectivity index (χ1n) is 5.36. The summed E-state index contributed by atoms with van der Waals surface area (Å²) >= 11 is 1.66. The second-order valence-corrected chi connectivity index (χ2v) is 4.54. The third-order valence-electron chi connectivity index (χ3n) is 1.98. The van der Waals surface area contributed by atoms with Crippen LogP contribution in [0.2, 0.25) is 0 Å². The minimum Gasteiger partial charge on any atom is -0.505 e. The number of aromatic hydroxyl groups is 1. The highest BCUT2D eigenvalue weighted by Crippen LogP contribution is 2.11. The van der Waals surface area contributed by atoms with Gasteiger partial charge < -0.3 is 15.5 Å². The Morgan fingerprint density at radius 1 is 1.47 bits per heavy atom. The van der Waals surface area contributed by atoms with Gasteiger partial charge in [-0.2, -0.15) is 11.8 Å². The molecule has 1 heterocycles. The number of nitrogens with one attached hydrogen (secondary N) is 1. The highest BCUT2D eigenvalue weighted by Gasteiger charge is 2.10. The van der Waals surface area contributed by atoms with E-state index in [-0.39, 0.29) is 24.0 Å². The number of aromatic nitrogens is 1. The lowest BCUT2D eigenvalue weighted by Crippen LogP contribution is -2.26. The van der Waals surface area contributed by atoms with Crippen molar-refractivity contribution in [2.45, 2.75) is 6.42 Å². The van der Waals surface area contributed by atoms with Crippen molar-refractivity contribution in [1.82, 2.24) is 10.3 Å². The Morgan fingerprint density at radius 2 is 2.29 bits per heavy atom. The number of thioether (sulfide) groups is 1. The molecule has 0 fully saturated rings. The van der Waals surface area contributed by atoms with Crippen LogP contribution in [0.5, 0.6) is 5.75 Å². The number of pyridine rings is 1. The Bertz CT molecular complexity index is 360. The van der Waals surface area contributed by atoms with Crippen molar-refractivity contribution < 1.29 is 15.0 Å². The quantitative estimate of drug-likeness (QED) is 0.623. The maximum atomic E-state index is 11.6. The predicted molar refractivity (Wildman–Crippen MR) is 67.3 cm³/mol. The van der Waals surface area contributed by atoms with Crippen molar-refractivity contribution in [1.29, 1.82) is 0 Å². The molecule has 0 spiro atoms. The van der Waals surface area contributed by atoms with Gasteiger partial charge in [0.2, 0.25) is 0 Å². The zero-order valence-electron chi connectivity index (χ0n) is 9.43. The Morgan fingerprint density at radius 3 is 3.00 bits per heavy atom. The van der Waals surface area contributed by atoms with E-state index in [4.69, 9.17) is 5.11 Å². The van der Waals surface area contributed by atoms with Crippen LogP contribution in [0.15, 0.2) is 18.3 Å². The molecule has 1 aromatic rings. The molecule has 0 aliphatic rings. The molecule has 6 heteroatoms. The largest absolute Gasteiger partial charge is 0.505 e. The first kappa shape index (κ1) is 13.8. The number of aliphatic hydroxyl groups is 1. The lowest BCUT2D eigenvalue weighted by Gasteiger charge is -2.05. The molecule has 0 aromatic carbocycles. The molecule has 0 unspecified atom stereocenters. The van der Waals surface area contributed by atoms with E-state index in [0.29, 0.717) is 6.54 Å². The van der Waals surface area contributed by atoms with Crippen LogP contribution in [0.4, 0.5) is 0 Å². The van der Waals surface area contributed by atoms with Crippen LogP contribution in [0.25, 0.3) is 0 Å². The van der Waals surface area contributed by atoms with Crippen molar-refractivity contribution >= 4 is 17.7 Å². The fourth-order valence-electron chi connectivity index (χ4n) is 1.16. The summed E-state index contributed by atoms with van der Waals surface area (Å²) in [5.74, 6) is 1.17. The molecule has 94 valence electrons. The summed E-state index contributed by atoms with van der Waals surface area (Å²) in [4.78, 5) is 15.4. The molecule has 17 heavy (non-hydrogen) atoms. The predicted octanol–water partition coefficient (Wildman–Crippen LogP) is 0.633. The van der Waals surface area contributed by atoms with Gasteiger partial charge in [-0.3, -0.25) is 4.79 Å². The van der Waals surface area contributed by atoms with Crippen LogP contribution < -0.4 is 5.32 Å². The molecule has 0 radical (unpaired) electrons. The van der Waals surface area contributed by atoms with E-state index in [1.165, 1.54) is 12.3 Å². The molecule has 0 saturated carbocycles. The number of aliphatic hydroxyl groups excluding tert-OH is 1. The van der Waals surface area contributed by atoms with E-state index in [1.807, 2.05) is 0 Å². The number of amides is 1. The molecule has 0 saturated heterocycles. The van der Waals surface area contributed by atoms with Crippen LogP contribution in [-0.4, -0.2) is 45.8 Å². The number of nitrogens with zero attached hydrogens (tertiary/aromatic N) is 1. The molecule has 5 nitrogen and oxygen atoms in total. The van der Waals surface area contributed by atoms with Gasteiger partial charge in [0, 0.05) is 25.1 Å². The average molecular weight is 256 g/mol. The summed E-state index contributed by atoms with van der Waals surface area (Å²) in [5, 5.41) is 20.6. The van der Waals surface area contributed by atoms with E-state index in [1.54, 1.807) is 17.8 Å². The Balaban J connectivity index is 2.24. The number of hydrogen-bond acceptors (Lipinski definition) is 5. The summed E-state index contributed by atoms with van der Waals surface area (Å²) in [7, 11) is 0. The van der Waals surface area contributed by atoms with E-state index in [9.17, 15) is 9.90 Å². The van der Waals surface area contributed by atoms with Crippen molar-refractivity contribution in [2.24, 2.45) is 0 Å².